The van der Waals surface area contributed by atoms with Gasteiger partial charge in [0.15, 0.2) is 0 Å². The molecule has 0 fully saturated rings. The highest BCUT2D eigenvalue weighted by atomic mass is 16.5. The Bertz CT molecular complexity index is 528. The molecule has 0 aliphatic heterocycles. The van der Waals surface area contributed by atoms with Crippen LogP contribution in [0.4, 0.5) is 0 Å². The van der Waals surface area contributed by atoms with E-state index < -0.39 is 0 Å². The van der Waals surface area contributed by atoms with E-state index in [0.717, 1.165) is 22.8 Å². The maximum atomic E-state index is 5.40. The van der Waals surface area contributed by atoms with Gasteiger partial charge in [0.25, 0.3) is 0 Å². The lowest BCUT2D eigenvalue weighted by molar-refractivity contribution is 0.405. The van der Waals surface area contributed by atoms with Gasteiger partial charge < -0.3 is 10.1 Å². The van der Waals surface area contributed by atoms with Crippen LogP contribution in [0.25, 0.3) is 0 Å². The summed E-state index contributed by atoms with van der Waals surface area (Å²) in [5.41, 5.74) is 2.01. The molecule has 18 heavy (non-hydrogen) atoms. The fourth-order valence-electron chi connectivity index (χ4n) is 2.00. The summed E-state index contributed by atoms with van der Waals surface area (Å²) in [5.74, 6) is 1.62. The van der Waals surface area contributed by atoms with E-state index in [0.29, 0.717) is 0 Å². The first-order valence-electron chi connectivity index (χ1n) is 5.86. The molecule has 1 unspecified atom stereocenters. The van der Waals surface area contributed by atoms with Gasteiger partial charge in [0.05, 0.1) is 18.8 Å². The van der Waals surface area contributed by atoms with Gasteiger partial charge in [0.2, 0.25) is 0 Å². The number of aromatic nitrogens is 2. The van der Waals surface area contributed by atoms with E-state index in [-0.39, 0.29) is 6.04 Å². The predicted octanol–water partition coefficient (Wildman–Crippen LogP) is 2.10. The smallest absolute Gasteiger partial charge is 0.125 e. The van der Waals surface area contributed by atoms with E-state index in [4.69, 9.17) is 4.74 Å². The third kappa shape index (κ3) is 2.49. The van der Waals surface area contributed by atoms with Crippen molar-refractivity contribution in [3.05, 3.63) is 53.6 Å². The molecule has 0 aliphatic rings. The van der Waals surface area contributed by atoms with Crippen LogP contribution in [0.2, 0.25) is 0 Å². The lowest BCUT2D eigenvalue weighted by atomic mass is 10.0. The van der Waals surface area contributed by atoms with Crippen molar-refractivity contribution in [2.75, 3.05) is 14.2 Å². The molecule has 0 saturated carbocycles. The molecule has 0 radical (unpaired) electrons. The maximum Gasteiger partial charge on any atom is 0.125 e. The number of methoxy groups -OCH3 is 1. The van der Waals surface area contributed by atoms with Crippen LogP contribution >= 0.6 is 0 Å². The Morgan fingerprint density at radius 3 is 2.67 bits per heavy atom. The van der Waals surface area contributed by atoms with E-state index in [9.17, 15) is 0 Å². The minimum Gasteiger partial charge on any atom is -0.496 e. The molecule has 2 rings (SSSR count). The van der Waals surface area contributed by atoms with Gasteiger partial charge in [-0.1, -0.05) is 18.2 Å². The maximum absolute atomic E-state index is 5.40. The Kier molecular flexibility index (Phi) is 3.89. The standard InChI is InChI=1S/C14H17N3O/c1-10-16-9-8-12(17-10)14(15-2)11-6-4-5-7-13(11)18-3/h4-9,14-15H,1-3H3. The van der Waals surface area contributed by atoms with Crippen molar-refractivity contribution < 1.29 is 4.74 Å². The molecule has 4 heteroatoms. The molecule has 1 heterocycles. The van der Waals surface area contributed by atoms with E-state index in [1.54, 1.807) is 13.3 Å². The molecule has 4 nitrogen and oxygen atoms in total. The first-order chi connectivity index (χ1) is 8.76. The summed E-state index contributed by atoms with van der Waals surface area (Å²) in [6.45, 7) is 1.89. The van der Waals surface area contributed by atoms with E-state index in [2.05, 4.69) is 15.3 Å². The van der Waals surface area contributed by atoms with Gasteiger partial charge >= 0.3 is 0 Å². The number of rotatable bonds is 4. The van der Waals surface area contributed by atoms with Gasteiger partial charge in [-0.3, -0.25) is 0 Å². The quantitative estimate of drug-likeness (QED) is 0.893. The van der Waals surface area contributed by atoms with Crippen LogP contribution in [0, 0.1) is 6.92 Å². The monoisotopic (exact) mass is 243 g/mol. The number of nitrogens with one attached hydrogen (secondary N) is 1. The second kappa shape index (κ2) is 5.60. The summed E-state index contributed by atoms with van der Waals surface area (Å²) in [4.78, 5) is 8.59. The van der Waals surface area contributed by atoms with Crippen LogP contribution in [0.1, 0.15) is 23.1 Å². The van der Waals surface area contributed by atoms with Gasteiger partial charge in [-0.2, -0.15) is 0 Å². The molecule has 1 atom stereocenters. The molecule has 1 aromatic heterocycles. The number of nitrogens with zero attached hydrogens (tertiary/aromatic N) is 2. The minimum atomic E-state index is 0.00264. The summed E-state index contributed by atoms with van der Waals surface area (Å²) in [6.07, 6.45) is 1.78. The molecule has 1 N–H and O–H groups in total. The molecule has 0 aliphatic carbocycles. The van der Waals surface area contributed by atoms with Crippen molar-refractivity contribution >= 4 is 0 Å². The Morgan fingerprint density at radius 1 is 1.22 bits per heavy atom. The molecule has 0 bridgehead atoms. The van der Waals surface area contributed by atoms with Crippen molar-refractivity contribution in [2.45, 2.75) is 13.0 Å². The predicted molar refractivity (Wildman–Crippen MR) is 70.7 cm³/mol. The van der Waals surface area contributed by atoms with Gasteiger partial charge in [-0.25, -0.2) is 9.97 Å². The molecular formula is C14H17N3O. The summed E-state index contributed by atoms with van der Waals surface area (Å²) in [6, 6.07) is 9.87. The Balaban J connectivity index is 2.45. The minimum absolute atomic E-state index is 0.00264. The summed E-state index contributed by atoms with van der Waals surface area (Å²) < 4.78 is 5.40. The largest absolute Gasteiger partial charge is 0.496 e. The number of hydrogen-bond donors (Lipinski definition) is 1. The average Bonchev–Trinajstić information content (AvgIpc) is 2.40. The van der Waals surface area contributed by atoms with Crippen LogP contribution in [0.15, 0.2) is 36.5 Å². The molecule has 0 amide bonds. The van der Waals surface area contributed by atoms with Crippen molar-refractivity contribution in [3.8, 4) is 5.75 Å². The number of benzene rings is 1. The number of hydrogen-bond acceptors (Lipinski definition) is 4. The fraction of sp³-hybridized carbons (Fsp3) is 0.286. The number of aryl methyl sites for hydroxylation is 1. The first-order valence-corrected chi connectivity index (χ1v) is 5.86. The first kappa shape index (κ1) is 12.5. The van der Waals surface area contributed by atoms with E-state index in [1.165, 1.54) is 0 Å². The van der Waals surface area contributed by atoms with Crippen molar-refractivity contribution in [3.63, 3.8) is 0 Å². The third-order valence-electron chi connectivity index (χ3n) is 2.83. The van der Waals surface area contributed by atoms with Gasteiger partial charge in [-0.15, -0.1) is 0 Å². The Morgan fingerprint density at radius 2 is 2.00 bits per heavy atom. The molecule has 1 aromatic carbocycles. The second-order valence-corrected chi connectivity index (χ2v) is 3.99. The van der Waals surface area contributed by atoms with E-state index >= 15 is 0 Å². The van der Waals surface area contributed by atoms with E-state index in [1.807, 2.05) is 44.3 Å². The van der Waals surface area contributed by atoms with Gasteiger partial charge in [-0.05, 0) is 26.1 Å². The van der Waals surface area contributed by atoms with Gasteiger partial charge in [0, 0.05) is 11.8 Å². The highest BCUT2D eigenvalue weighted by Crippen LogP contribution is 2.28. The molecule has 0 saturated heterocycles. The van der Waals surface area contributed by atoms with Gasteiger partial charge in [0.1, 0.15) is 11.6 Å². The van der Waals surface area contributed by atoms with Crippen molar-refractivity contribution in [1.29, 1.82) is 0 Å². The normalized spacial score (nSPS) is 12.2. The van der Waals surface area contributed by atoms with Crippen LogP contribution in [-0.4, -0.2) is 24.1 Å². The zero-order valence-corrected chi connectivity index (χ0v) is 10.8. The lowest BCUT2D eigenvalue weighted by Crippen LogP contribution is -2.20. The Hall–Kier alpha value is -1.94. The van der Waals surface area contributed by atoms with Crippen molar-refractivity contribution in [1.82, 2.24) is 15.3 Å². The molecule has 2 aromatic rings. The average molecular weight is 243 g/mol. The summed E-state index contributed by atoms with van der Waals surface area (Å²) in [7, 11) is 3.59. The van der Waals surface area contributed by atoms with Crippen LogP contribution in [0.5, 0.6) is 5.75 Å². The molecule has 94 valence electrons. The number of para-hydroxylation sites is 1. The summed E-state index contributed by atoms with van der Waals surface area (Å²) in [5, 5.41) is 3.27. The fourth-order valence-corrected chi connectivity index (χ4v) is 2.00. The molecule has 0 spiro atoms. The zero-order valence-electron chi connectivity index (χ0n) is 10.8. The zero-order chi connectivity index (χ0) is 13.0. The van der Waals surface area contributed by atoms with Crippen molar-refractivity contribution in [2.24, 2.45) is 0 Å². The Labute approximate surface area is 107 Å². The second-order valence-electron chi connectivity index (χ2n) is 3.99. The van der Waals surface area contributed by atoms with Crippen LogP contribution < -0.4 is 10.1 Å². The molecular weight excluding hydrogens is 226 g/mol. The SMILES string of the molecule is CNC(c1ccnc(C)n1)c1ccccc1OC. The van der Waals surface area contributed by atoms with Crippen LogP contribution in [-0.2, 0) is 0 Å². The lowest BCUT2D eigenvalue weighted by Gasteiger charge is -2.18. The van der Waals surface area contributed by atoms with Crippen LogP contribution in [0.3, 0.4) is 0 Å². The third-order valence-corrected chi connectivity index (χ3v) is 2.83. The summed E-state index contributed by atoms with van der Waals surface area (Å²) >= 11 is 0. The highest BCUT2D eigenvalue weighted by molar-refractivity contribution is 5.39. The highest BCUT2D eigenvalue weighted by Gasteiger charge is 2.17. The number of ether oxygens (including phenoxy) is 1. The topological polar surface area (TPSA) is 47.0 Å².